The predicted molar refractivity (Wildman–Crippen MR) is 93.1 cm³/mol. The van der Waals surface area contributed by atoms with Gasteiger partial charge in [-0.05, 0) is 31.4 Å². The van der Waals surface area contributed by atoms with Gasteiger partial charge in [0.1, 0.15) is 0 Å². The minimum absolute atomic E-state index is 0.191. The largest absolute Gasteiger partial charge is 0.366 e. The van der Waals surface area contributed by atoms with Crippen molar-refractivity contribution >= 4 is 11.7 Å². The van der Waals surface area contributed by atoms with Crippen molar-refractivity contribution in [3.05, 3.63) is 47.3 Å². The summed E-state index contributed by atoms with van der Waals surface area (Å²) in [7, 11) is 0. The van der Waals surface area contributed by atoms with E-state index in [4.69, 9.17) is 4.52 Å². The highest BCUT2D eigenvalue weighted by Crippen LogP contribution is 2.28. The maximum absolute atomic E-state index is 12.0. The molecule has 1 aromatic heterocycles. The van der Waals surface area contributed by atoms with Crippen molar-refractivity contribution < 1.29 is 9.32 Å². The number of urea groups is 1. The number of rotatable bonds is 6. The maximum atomic E-state index is 12.0. The number of fused-ring (bicyclic) bond motifs is 1. The molecular formula is C18H24N4O2. The van der Waals surface area contributed by atoms with Gasteiger partial charge >= 0.3 is 6.03 Å². The molecule has 0 saturated heterocycles. The molecule has 6 nitrogen and oxygen atoms in total. The number of amides is 2. The fraction of sp³-hybridized carbons (Fsp3) is 0.444. The van der Waals surface area contributed by atoms with E-state index in [0.717, 1.165) is 25.1 Å². The predicted octanol–water partition coefficient (Wildman–Crippen LogP) is 2.49. The number of nitrogens with zero attached hydrogens (tertiary/aromatic N) is 2. The Morgan fingerprint density at radius 1 is 1.38 bits per heavy atom. The molecule has 0 bridgehead atoms. The quantitative estimate of drug-likeness (QED) is 0.855. The second-order valence-corrected chi connectivity index (χ2v) is 6.12. The molecule has 1 aliphatic rings. The van der Waals surface area contributed by atoms with Gasteiger partial charge < -0.3 is 20.1 Å². The van der Waals surface area contributed by atoms with Crippen LogP contribution in [0.5, 0.6) is 0 Å². The number of anilines is 1. The minimum Gasteiger partial charge on any atom is -0.366 e. The van der Waals surface area contributed by atoms with Crippen molar-refractivity contribution in [2.24, 2.45) is 0 Å². The van der Waals surface area contributed by atoms with E-state index in [9.17, 15) is 4.79 Å². The molecule has 0 spiro atoms. The van der Waals surface area contributed by atoms with Gasteiger partial charge in [-0.1, -0.05) is 30.3 Å². The van der Waals surface area contributed by atoms with E-state index in [1.807, 2.05) is 13.0 Å². The van der Waals surface area contributed by atoms with Gasteiger partial charge in [-0.2, -0.15) is 0 Å². The van der Waals surface area contributed by atoms with Gasteiger partial charge in [-0.3, -0.25) is 0 Å². The molecule has 24 heavy (non-hydrogen) atoms. The topological polar surface area (TPSA) is 70.4 Å². The molecule has 0 radical (unpaired) electrons. The van der Waals surface area contributed by atoms with Gasteiger partial charge in [-0.25, -0.2) is 4.79 Å². The molecule has 2 amide bonds. The zero-order chi connectivity index (χ0) is 16.9. The SMILES string of the molecule is CCc1cc(CNC(=O)NCC(C)N2CCc3ccccc32)on1. The number of nitrogens with one attached hydrogen (secondary N) is 2. The highest BCUT2D eigenvalue weighted by atomic mass is 16.5. The first-order chi connectivity index (χ1) is 11.7. The molecule has 2 aromatic rings. The van der Waals surface area contributed by atoms with Gasteiger partial charge in [0.05, 0.1) is 12.2 Å². The van der Waals surface area contributed by atoms with Gasteiger partial charge in [0.2, 0.25) is 0 Å². The van der Waals surface area contributed by atoms with E-state index in [2.05, 4.69) is 51.9 Å². The van der Waals surface area contributed by atoms with Gasteiger partial charge in [0.25, 0.3) is 0 Å². The summed E-state index contributed by atoms with van der Waals surface area (Å²) in [5.74, 6) is 0.670. The Bertz CT molecular complexity index is 698. The Hall–Kier alpha value is -2.50. The molecule has 0 saturated carbocycles. The fourth-order valence-corrected chi connectivity index (χ4v) is 3.01. The van der Waals surface area contributed by atoms with E-state index in [0.29, 0.717) is 18.8 Å². The first kappa shape index (κ1) is 16.4. The smallest absolute Gasteiger partial charge is 0.315 e. The number of carbonyl (C=O) groups is 1. The highest BCUT2D eigenvalue weighted by Gasteiger charge is 2.23. The summed E-state index contributed by atoms with van der Waals surface area (Å²) in [5, 5.41) is 9.63. The lowest BCUT2D eigenvalue weighted by molar-refractivity contribution is 0.238. The third kappa shape index (κ3) is 3.69. The summed E-state index contributed by atoms with van der Waals surface area (Å²) in [6.07, 6.45) is 1.89. The summed E-state index contributed by atoms with van der Waals surface area (Å²) in [6, 6.07) is 10.4. The molecule has 0 fully saturated rings. The lowest BCUT2D eigenvalue weighted by atomic mass is 10.2. The lowest BCUT2D eigenvalue weighted by Crippen LogP contribution is -2.44. The summed E-state index contributed by atoms with van der Waals surface area (Å²) in [4.78, 5) is 14.3. The zero-order valence-electron chi connectivity index (χ0n) is 14.2. The molecule has 1 aliphatic heterocycles. The van der Waals surface area contributed by atoms with Crippen LogP contribution < -0.4 is 15.5 Å². The van der Waals surface area contributed by atoms with Gasteiger partial charge in [0.15, 0.2) is 5.76 Å². The van der Waals surface area contributed by atoms with Crippen molar-refractivity contribution in [3.8, 4) is 0 Å². The van der Waals surface area contributed by atoms with Crippen molar-refractivity contribution in [1.29, 1.82) is 0 Å². The van der Waals surface area contributed by atoms with Crippen LogP contribution in [0.15, 0.2) is 34.9 Å². The Morgan fingerprint density at radius 2 is 2.21 bits per heavy atom. The summed E-state index contributed by atoms with van der Waals surface area (Å²) in [6.45, 7) is 6.09. The number of aromatic nitrogens is 1. The second kappa shape index (κ2) is 7.38. The fourth-order valence-electron chi connectivity index (χ4n) is 3.01. The standard InChI is InChI=1S/C18H24N4O2/c1-3-15-10-16(24-21-15)12-20-18(23)19-11-13(2)22-9-8-14-6-4-5-7-17(14)22/h4-7,10,13H,3,8-9,11-12H2,1-2H3,(H2,19,20,23). The lowest BCUT2D eigenvalue weighted by Gasteiger charge is -2.27. The normalized spacial score (nSPS) is 14.3. The number of hydrogen-bond donors (Lipinski definition) is 2. The van der Waals surface area contributed by atoms with Crippen molar-refractivity contribution in [1.82, 2.24) is 15.8 Å². The number of benzene rings is 1. The third-order valence-electron chi connectivity index (χ3n) is 4.41. The monoisotopic (exact) mass is 328 g/mol. The number of para-hydroxylation sites is 1. The molecule has 3 rings (SSSR count). The first-order valence-corrected chi connectivity index (χ1v) is 8.48. The molecule has 0 aliphatic carbocycles. The van der Waals surface area contributed by atoms with Crippen LogP contribution in [-0.2, 0) is 19.4 Å². The molecule has 2 heterocycles. The Kier molecular flexibility index (Phi) is 5.03. The van der Waals surface area contributed by atoms with E-state index in [-0.39, 0.29) is 12.1 Å². The number of aryl methyl sites for hydroxylation is 1. The summed E-state index contributed by atoms with van der Waals surface area (Å²) in [5.41, 5.74) is 3.56. The summed E-state index contributed by atoms with van der Waals surface area (Å²) >= 11 is 0. The van der Waals surface area contributed by atoms with E-state index >= 15 is 0 Å². The molecule has 6 heteroatoms. The van der Waals surface area contributed by atoms with E-state index in [1.165, 1.54) is 11.3 Å². The molecular weight excluding hydrogens is 304 g/mol. The van der Waals surface area contributed by atoms with Crippen LogP contribution >= 0.6 is 0 Å². The molecule has 1 unspecified atom stereocenters. The molecule has 1 aromatic carbocycles. The third-order valence-corrected chi connectivity index (χ3v) is 4.41. The molecule has 1 atom stereocenters. The maximum Gasteiger partial charge on any atom is 0.315 e. The zero-order valence-corrected chi connectivity index (χ0v) is 14.2. The van der Waals surface area contributed by atoms with Crippen LogP contribution in [0.3, 0.4) is 0 Å². The number of carbonyl (C=O) groups excluding carboxylic acids is 1. The highest BCUT2D eigenvalue weighted by molar-refractivity contribution is 5.73. The first-order valence-electron chi connectivity index (χ1n) is 8.48. The molecule has 128 valence electrons. The van der Waals surface area contributed by atoms with Crippen molar-refractivity contribution in [2.75, 3.05) is 18.0 Å². The average Bonchev–Trinajstić information content (AvgIpc) is 3.24. The molecule has 2 N–H and O–H groups in total. The summed E-state index contributed by atoms with van der Waals surface area (Å²) < 4.78 is 5.15. The average molecular weight is 328 g/mol. The van der Waals surface area contributed by atoms with Gasteiger partial charge in [-0.15, -0.1) is 0 Å². The van der Waals surface area contributed by atoms with Crippen LogP contribution in [0, 0.1) is 0 Å². The van der Waals surface area contributed by atoms with Gasteiger partial charge in [0, 0.05) is 30.9 Å². The Labute approximate surface area is 142 Å². The van der Waals surface area contributed by atoms with Crippen LogP contribution in [0.2, 0.25) is 0 Å². The van der Waals surface area contributed by atoms with Crippen LogP contribution in [0.1, 0.15) is 30.9 Å². The van der Waals surface area contributed by atoms with Crippen LogP contribution in [0.25, 0.3) is 0 Å². The minimum atomic E-state index is -0.191. The van der Waals surface area contributed by atoms with Crippen LogP contribution in [-0.4, -0.2) is 30.3 Å². The van der Waals surface area contributed by atoms with E-state index in [1.54, 1.807) is 0 Å². The Balaban J connectivity index is 1.44. The van der Waals surface area contributed by atoms with Crippen molar-refractivity contribution in [3.63, 3.8) is 0 Å². The Morgan fingerprint density at radius 3 is 3.00 bits per heavy atom. The second-order valence-electron chi connectivity index (χ2n) is 6.12. The van der Waals surface area contributed by atoms with Crippen molar-refractivity contribution in [2.45, 2.75) is 39.3 Å². The number of hydrogen-bond acceptors (Lipinski definition) is 4. The van der Waals surface area contributed by atoms with Crippen LogP contribution in [0.4, 0.5) is 10.5 Å². The van der Waals surface area contributed by atoms with E-state index < -0.39 is 0 Å².